The zero-order chi connectivity index (χ0) is 14.4. The van der Waals surface area contributed by atoms with Gasteiger partial charge in [-0.05, 0) is 25.8 Å². The van der Waals surface area contributed by atoms with E-state index < -0.39 is 0 Å². The SMILES string of the molecule is CCOC(=O)c1c(NC(=O)CCN)sc(C)c1CC. The summed E-state index contributed by atoms with van der Waals surface area (Å²) in [4.78, 5) is 24.6. The normalized spacial score (nSPS) is 10.3. The quantitative estimate of drug-likeness (QED) is 0.784. The van der Waals surface area contributed by atoms with Crippen molar-refractivity contribution in [2.75, 3.05) is 18.5 Å². The first-order chi connectivity index (χ1) is 9.04. The highest BCUT2D eigenvalue weighted by atomic mass is 32.1. The number of aryl methyl sites for hydroxylation is 1. The summed E-state index contributed by atoms with van der Waals surface area (Å²) < 4.78 is 5.06. The minimum Gasteiger partial charge on any atom is -0.462 e. The van der Waals surface area contributed by atoms with Gasteiger partial charge in [-0.2, -0.15) is 0 Å². The second kappa shape index (κ2) is 7.25. The molecule has 1 amide bonds. The molecular formula is C13H20N2O3S. The second-order valence-electron chi connectivity index (χ2n) is 4.00. The van der Waals surface area contributed by atoms with Gasteiger partial charge in [-0.15, -0.1) is 11.3 Å². The smallest absolute Gasteiger partial charge is 0.341 e. The van der Waals surface area contributed by atoms with Crippen molar-refractivity contribution in [1.29, 1.82) is 0 Å². The fraction of sp³-hybridized carbons (Fsp3) is 0.538. The zero-order valence-electron chi connectivity index (χ0n) is 11.5. The van der Waals surface area contributed by atoms with E-state index >= 15 is 0 Å². The number of hydrogen-bond donors (Lipinski definition) is 2. The fourth-order valence-corrected chi connectivity index (χ4v) is 2.98. The largest absolute Gasteiger partial charge is 0.462 e. The topological polar surface area (TPSA) is 81.4 Å². The third-order valence-electron chi connectivity index (χ3n) is 2.67. The molecule has 1 aromatic rings. The van der Waals surface area contributed by atoms with Gasteiger partial charge in [0.05, 0.1) is 12.2 Å². The molecule has 1 aromatic heterocycles. The molecule has 5 nitrogen and oxygen atoms in total. The van der Waals surface area contributed by atoms with Crippen molar-refractivity contribution >= 4 is 28.2 Å². The molecular weight excluding hydrogens is 264 g/mol. The lowest BCUT2D eigenvalue weighted by atomic mass is 10.1. The van der Waals surface area contributed by atoms with Crippen LogP contribution in [-0.2, 0) is 16.0 Å². The van der Waals surface area contributed by atoms with Crippen LogP contribution in [0.1, 0.15) is 41.1 Å². The van der Waals surface area contributed by atoms with Crippen LogP contribution in [-0.4, -0.2) is 25.0 Å². The number of nitrogens with one attached hydrogen (secondary N) is 1. The summed E-state index contributed by atoms with van der Waals surface area (Å²) in [7, 11) is 0. The maximum atomic E-state index is 12.0. The number of nitrogens with two attached hydrogens (primary N) is 1. The summed E-state index contributed by atoms with van der Waals surface area (Å²) in [6.07, 6.45) is 0.962. The van der Waals surface area contributed by atoms with E-state index in [9.17, 15) is 9.59 Å². The first-order valence-corrected chi connectivity index (χ1v) is 7.16. The number of ether oxygens (including phenoxy) is 1. The highest BCUT2D eigenvalue weighted by Gasteiger charge is 2.23. The Bertz CT molecular complexity index is 469. The molecule has 0 spiro atoms. The van der Waals surface area contributed by atoms with Crippen LogP contribution in [0.4, 0.5) is 5.00 Å². The third-order valence-corrected chi connectivity index (χ3v) is 3.73. The lowest BCUT2D eigenvalue weighted by Crippen LogP contribution is -2.18. The van der Waals surface area contributed by atoms with Crippen molar-refractivity contribution in [1.82, 2.24) is 0 Å². The molecule has 0 bridgehead atoms. The Balaban J connectivity index is 3.09. The Morgan fingerprint density at radius 2 is 2.05 bits per heavy atom. The number of esters is 1. The number of amides is 1. The van der Waals surface area contributed by atoms with Crippen LogP contribution < -0.4 is 11.1 Å². The van der Waals surface area contributed by atoms with Crippen LogP contribution in [0.15, 0.2) is 0 Å². The van der Waals surface area contributed by atoms with Gasteiger partial charge in [-0.3, -0.25) is 4.79 Å². The van der Waals surface area contributed by atoms with E-state index in [1.807, 2.05) is 13.8 Å². The van der Waals surface area contributed by atoms with Gasteiger partial charge in [0, 0.05) is 17.8 Å². The minimum absolute atomic E-state index is 0.183. The molecule has 0 saturated heterocycles. The monoisotopic (exact) mass is 284 g/mol. The average Bonchev–Trinajstić information content (AvgIpc) is 2.65. The second-order valence-corrected chi connectivity index (χ2v) is 5.23. The molecule has 1 heterocycles. The molecule has 106 valence electrons. The van der Waals surface area contributed by atoms with E-state index in [1.54, 1.807) is 6.92 Å². The van der Waals surface area contributed by atoms with Gasteiger partial charge in [-0.1, -0.05) is 6.92 Å². The van der Waals surface area contributed by atoms with Crippen molar-refractivity contribution in [3.63, 3.8) is 0 Å². The molecule has 3 N–H and O–H groups in total. The summed E-state index contributed by atoms with van der Waals surface area (Å²) in [5.41, 5.74) is 6.76. The van der Waals surface area contributed by atoms with Crippen molar-refractivity contribution in [3.05, 3.63) is 16.0 Å². The molecule has 6 heteroatoms. The first kappa shape index (κ1) is 15.7. The lowest BCUT2D eigenvalue weighted by Gasteiger charge is -2.07. The van der Waals surface area contributed by atoms with Gasteiger partial charge in [0.2, 0.25) is 5.91 Å². The van der Waals surface area contributed by atoms with Gasteiger partial charge < -0.3 is 15.8 Å². The lowest BCUT2D eigenvalue weighted by molar-refractivity contribution is -0.116. The number of anilines is 1. The number of rotatable bonds is 6. The number of carbonyl (C=O) groups is 2. The van der Waals surface area contributed by atoms with Gasteiger partial charge in [0.1, 0.15) is 5.00 Å². The summed E-state index contributed by atoms with van der Waals surface area (Å²) >= 11 is 1.40. The van der Waals surface area contributed by atoms with Gasteiger partial charge >= 0.3 is 5.97 Å². The highest BCUT2D eigenvalue weighted by molar-refractivity contribution is 7.16. The first-order valence-electron chi connectivity index (χ1n) is 6.34. The summed E-state index contributed by atoms with van der Waals surface area (Å²) in [5, 5.41) is 3.31. The van der Waals surface area contributed by atoms with Crippen LogP contribution in [0, 0.1) is 6.92 Å². The standard InChI is InChI=1S/C13H20N2O3S/c1-4-9-8(3)19-12(15-10(16)6-7-14)11(9)13(17)18-5-2/h4-7,14H2,1-3H3,(H,15,16). The zero-order valence-corrected chi connectivity index (χ0v) is 12.4. The average molecular weight is 284 g/mol. The predicted octanol–water partition coefficient (Wildman–Crippen LogP) is 2.08. The maximum absolute atomic E-state index is 12.0. The third kappa shape index (κ3) is 3.78. The molecule has 0 atom stereocenters. The maximum Gasteiger partial charge on any atom is 0.341 e. The Kier molecular flexibility index (Phi) is 5.98. The van der Waals surface area contributed by atoms with Crippen LogP contribution >= 0.6 is 11.3 Å². The number of hydrogen-bond acceptors (Lipinski definition) is 5. The van der Waals surface area contributed by atoms with Crippen LogP contribution in [0.3, 0.4) is 0 Å². The molecule has 0 aliphatic rings. The molecule has 0 aliphatic carbocycles. The summed E-state index contributed by atoms with van der Waals surface area (Å²) in [5.74, 6) is -0.566. The van der Waals surface area contributed by atoms with Crippen LogP contribution in [0.5, 0.6) is 0 Å². The minimum atomic E-state index is -0.383. The number of carbonyl (C=O) groups excluding carboxylic acids is 2. The van der Waals surface area contributed by atoms with Gasteiger partial charge in [0.15, 0.2) is 0 Å². The number of thiophene rings is 1. The Morgan fingerprint density at radius 1 is 1.37 bits per heavy atom. The fourth-order valence-electron chi connectivity index (χ4n) is 1.83. The van der Waals surface area contributed by atoms with Crippen molar-refractivity contribution in [2.45, 2.75) is 33.6 Å². The van der Waals surface area contributed by atoms with E-state index in [2.05, 4.69) is 5.32 Å². The van der Waals surface area contributed by atoms with E-state index in [-0.39, 0.29) is 24.8 Å². The molecule has 0 aliphatic heterocycles. The van der Waals surface area contributed by atoms with Crippen LogP contribution in [0.2, 0.25) is 0 Å². The summed E-state index contributed by atoms with van der Waals surface area (Å²) in [6.45, 7) is 6.27. The van der Waals surface area contributed by atoms with Crippen molar-refractivity contribution < 1.29 is 14.3 Å². The molecule has 0 aromatic carbocycles. The van der Waals surface area contributed by atoms with E-state index in [4.69, 9.17) is 10.5 Å². The van der Waals surface area contributed by atoms with Crippen molar-refractivity contribution in [2.24, 2.45) is 5.73 Å². The Hall–Kier alpha value is -1.40. The van der Waals surface area contributed by atoms with E-state index in [0.29, 0.717) is 17.2 Å². The van der Waals surface area contributed by atoms with Gasteiger partial charge in [-0.25, -0.2) is 4.79 Å². The van der Waals surface area contributed by atoms with Gasteiger partial charge in [0.25, 0.3) is 0 Å². The van der Waals surface area contributed by atoms with Crippen LogP contribution in [0.25, 0.3) is 0 Å². The molecule has 0 unspecified atom stereocenters. The van der Waals surface area contributed by atoms with E-state index in [1.165, 1.54) is 11.3 Å². The molecule has 1 rings (SSSR count). The molecule has 0 radical (unpaired) electrons. The predicted molar refractivity (Wildman–Crippen MR) is 76.7 cm³/mol. The molecule has 19 heavy (non-hydrogen) atoms. The molecule has 0 fully saturated rings. The summed E-state index contributed by atoms with van der Waals surface area (Å²) in [6, 6.07) is 0. The van der Waals surface area contributed by atoms with E-state index in [0.717, 1.165) is 16.9 Å². The Labute approximate surface area is 117 Å². The molecule has 0 saturated carbocycles. The van der Waals surface area contributed by atoms with Crippen molar-refractivity contribution in [3.8, 4) is 0 Å². The highest BCUT2D eigenvalue weighted by Crippen LogP contribution is 2.34. The Morgan fingerprint density at radius 3 is 2.58 bits per heavy atom.